The molecule has 170 valence electrons. The fourth-order valence-corrected chi connectivity index (χ4v) is 3.52. The molecule has 2 aliphatic heterocycles. The topological polar surface area (TPSA) is 106 Å². The lowest BCUT2D eigenvalue weighted by molar-refractivity contribution is -0.177. The van der Waals surface area contributed by atoms with Crippen LogP contribution in [0.4, 0.5) is 5.69 Å². The second kappa shape index (κ2) is 9.33. The van der Waals surface area contributed by atoms with E-state index in [0.717, 1.165) is 5.56 Å². The van der Waals surface area contributed by atoms with E-state index in [0.29, 0.717) is 37.6 Å². The van der Waals surface area contributed by atoms with Crippen LogP contribution in [0.2, 0.25) is 0 Å². The third kappa shape index (κ3) is 5.41. The van der Waals surface area contributed by atoms with Gasteiger partial charge in [-0.15, -0.1) is 0 Å². The van der Waals surface area contributed by atoms with Gasteiger partial charge in [0.1, 0.15) is 5.60 Å². The van der Waals surface area contributed by atoms with Crippen LogP contribution in [-0.4, -0.2) is 85.1 Å². The van der Waals surface area contributed by atoms with Crippen molar-refractivity contribution in [2.75, 3.05) is 44.4 Å². The molecule has 3 rings (SSSR count). The Morgan fingerprint density at radius 1 is 1.16 bits per heavy atom. The molecule has 0 spiro atoms. The number of carbonyl (C=O) groups is 3. The van der Waals surface area contributed by atoms with Crippen LogP contribution < -0.4 is 4.90 Å². The number of morpholine rings is 2. The molecule has 1 N–H and O–H groups in total. The second-order valence-electron chi connectivity index (χ2n) is 8.66. The van der Waals surface area contributed by atoms with Gasteiger partial charge in [-0.05, 0) is 45.4 Å². The smallest absolute Gasteiger partial charge is 0.338 e. The summed E-state index contributed by atoms with van der Waals surface area (Å²) in [6.07, 6.45) is -3.11. The van der Waals surface area contributed by atoms with Gasteiger partial charge >= 0.3 is 5.97 Å². The summed E-state index contributed by atoms with van der Waals surface area (Å²) in [5.74, 6) is -1.59. The first-order chi connectivity index (χ1) is 14.6. The summed E-state index contributed by atoms with van der Waals surface area (Å²) in [7, 11) is 0. The zero-order chi connectivity index (χ0) is 22.8. The Kier molecular flexibility index (Phi) is 6.98. The molecule has 2 fully saturated rings. The highest BCUT2D eigenvalue weighted by Crippen LogP contribution is 2.25. The third-order valence-electron chi connectivity index (χ3n) is 5.12. The number of nitrogens with zero attached hydrogens (tertiary/aromatic N) is 2. The third-order valence-corrected chi connectivity index (χ3v) is 5.12. The zero-order valence-electron chi connectivity index (χ0n) is 18.4. The van der Waals surface area contributed by atoms with Crippen LogP contribution in [0.15, 0.2) is 18.2 Å². The van der Waals surface area contributed by atoms with E-state index in [1.165, 1.54) is 4.90 Å². The van der Waals surface area contributed by atoms with Crippen LogP contribution >= 0.6 is 0 Å². The molecule has 2 amide bonds. The second-order valence-corrected chi connectivity index (χ2v) is 8.66. The molecule has 0 aromatic heterocycles. The van der Waals surface area contributed by atoms with Crippen molar-refractivity contribution in [3.8, 4) is 0 Å². The summed E-state index contributed by atoms with van der Waals surface area (Å²) in [6, 6.07) is 5.20. The van der Waals surface area contributed by atoms with E-state index in [-0.39, 0.29) is 19.1 Å². The summed E-state index contributed by atoms with van der Waals surface area (Å²) in [5, 5.41) is 10.4. The highest BCUT2D eigenvalue weighted by Gasteiger charge is 2.41. The number of esters is 1. The average molecular weight is 434 g/mol. The predicted molar refractivity (Wildman–Crippen MR) is 112 cm³/mol. The molecule has 2 atom stereocenters. The fourth-order valence-electron chi connectivity index (χ4n) is 3.52. The Bertz CT molecular complexity index is 843. The van der Waals surface area contributed by atoms with Gasteiger partial charge in [0, 0.05) is 30.9 Å². The molecule has 2 saturated heterocycles. The molecule has 9 nitrogen and oxygen atoms in total. The molecule has 31 heavy (non-hydrogen) atoms. The molecule has 1 aromatic carbocycles. The van der Waals surface area contributed by atoms with Crippen LogP contribution in [-0.2, 0) is 23.8 Å². The Balaban J connectivity index is 1.79. The highest BCUT2D eigenvalue weighted by atomic mass is 16.6. The van der Waals surface area contributed by atoms with E-state index in [2.05, 4.69) is 0 Å². The van der Waals surface area contributed by atoms with Gasteiger partial charge in [-0.25, -0.2) is 4.79 Å². The Labute approximate surface area is 181 Å². The van der Waals surface area contributed by atoms with Crippen LogP contribution in [0.3, 0.4) is 0 Å². The lowest BCUT2D eigenvalue weighted by atomic mass is 10.0. The summed E-state index contributed by atoms with van der Waals surface area (Å²) in [4.78, 5) is 41.4. The molecule has 0 saturated carbocycles. The average Bonchev–Trinajstić information content (AvgIpc) is 2.73. The molecular formula is C22H30N2O7. The maximum Gasteiger partial charge on any atom is 0.338 e. The van der Waals surface area contributed by atoms with Gasteiger partial charge in [-0.1, -0.05) is 6.07 Å². The number of amides is 2. The van der Waals surface area contributed by atoms with Crippen LogP contribution in [0.25, 0.3) is 0 Å². The van der Waals surface area contributed by atoms with Crippen molar-refractivity contribution in [2.45, 2.75) is 45.5 Å². The zero-order valence-corrected chi connectivity index (χ0v) is 18.4. The molecule has 2 heterocycles. The lowest BCUT2D eigenvalue weighted by Gasteiger charge is -2.35. The number of aryl methyl sites for hydroxylation is 1. The van der Waals surface area contributed by atoms with Crippen molar-refractivity contribution in [1.82, 2.24) is 4.90 Å². The lowest BCUT2D eigenvalue weighted by Crippen LogP contribution is -2.55. The van der Waals surface area contributed by atoms with Crippen molar-refractivity contribution in [2.24, 2.45) is 0 Å². The summed E-state index contributed by atoms with van der Waals surface area (Å²) in [6.45, 7) is 9.26. The molecule has 1 aromatic rings. The van der Waals surface area contributed by atoms with Crippen LogP contribution in [0, 0.1) is 6.92 Å². The van der Waals surface area contributed by atoms with Crippen LogP contribution in [0.5, 0.6) is 0 Å². The largest absolute Gasteiger partial charge is 0.458 e. The molecule has 0 aliphatic carbocycles. The van der Waals surface area contributed by atoms with Crippen molar-refractivity contribution in [3.05, 3.63) is 29.3 Å². The van der Waals surface area contributed by atoms with E-state index in [9.17, 15) is 19.5 Å². The number of hydrogen-bond acceptors (Lipinski definition) is 7. The van der Waals surface area contributed by atoms with E-state index >= 15 is 0 Å². The summed E-state index contributed by atoms with van der Waals surface area (Å²) >= 11 is 0. The number of carbonyl (C=O) groups excluding carboxylic acids is 3. The van der Waals surface area contributed by atoms with Crippen LogP contribution in [0.1, 0.15) is 36.7 Å². The monoisotopic (exact) mass is 434 g/mol. The Morgan fingerprint density at radius 3 is 2.48 bits per heavy atom. The number of hydrogen-bond donors (Lipinski definition) is 1. The van der Waals surface area contributed by atoms with E-state index in [1.54, 1.807) is 43.9 Å². The van der Waals surface area contributed by atoms with Crippen molar-refractivity contribution >= 4 is 23.5 Å². The first-order valence-electron chi connectivity index (χ1n) is 10.4. The maximum absolute atomic E-state index is 13.0. The minimum Gasteiger partial charge on any atom is -0.458 e. The standard InChI is InChI=1S/C22H30N2O7/c1-14-5-6-15(13-16(14)19(26)23-7-10-29-11-8-23)24-9-12-30-18(20(24)27)17(25)21(28)31-22(2,3)4/h5-6,13,17-18,25H,7-12H2,1-4H3. The van der Waals surface area contributed by atoms with Gasteiger partial charge in [-0.2, -0.15) is 0 Å². The SMILES string of the molecule is Cc1ccc(N2CCOC(C(O)C(=O)OC(C)(C)C)C2=O)cc1C(=O)N1CCOCC1. The molecule has 0 radical (unpaired) electrons. The number of anilines is 1. The minimum atomic E-state index is -1.74. The number of ether oxygens (including phenoxy) is 3. The number of benzene rings is 1. The van der Waals surface area contributed by atoms with Crippen molar-refractivity contribution < 1.29 is 33.7 Å². The van der Waals surface area contributed by atoms with Gasteiger partial charge in [0.2, 0.25) is 0 Å². The molecule has 9 heteroatoms. The molecule has 2 aliphatic rings. The van der Waals surface area contributed by atoms with Gasteiger partial charge in [0.15, 0.2) is 12.2 Å². The molecule has 2 unspecified atom stereocenters. The van der Waals surface area contributed by atoms with Crippen molar-refractivity contribution in [1.29, 1.82) is 0 Å². The maximum atomic E-state index is 13.0. The Morgan fingerprint density at radius 2 is 1.84 bits per heavy atom. The van der Waals surface area contributed by atoms with E-state index in [4.69, 9.17) is 14.2 Å². The molecular weight excluding hydrogens is 404 g/mol. The molecule has 0 bridgehead atoms. The Hall–Kier alpha value is -2.49. The van der Waals surface area contributed by atoms with Gasteiger partial charge in [0.25, 0.3) is 11.8 Å². The van der Waals surface area contributed by atoms with Gasteiger partial charge in [0.05, 0.1) is 19.8 Å². The fraction of sp³-hybridized carbons (Fsp3) is 0.591. The summed E-state index contributed by atoms with van der Waals surface area (Å²) < 4.78 is 15.9. The number of rotatable bonds is 4. The van der Waals surface area contributed by atoms with Gasteiger partial charge < -0.3 is 29.1 Å². The normalized spacial score (nSPS) is 21.1. The summed E-state index contributed by atoms with van der Waals surface area (Å²) in [5.41, 5.74) is 1.01. The van der Waals surface area contributed by atoms with E-state index < -0.39 is 29.7 Å². The minimum absolute atomic E-state index is 0.117. The predicted octanol–water partition coefficient (Wildman–Crippen LogP) is 0.902. The quantitative estimate of drug-likeness (QED) is 0.702. The number of aliphatic hydroxyl groups excluding tert-OH is 1. The van der Waals surface area contributed by atoms with Crippen molar-refractivity contribution in [3.63, 3.8) is 0 Å². The first-order valence-corrected chi connectivity index (χ1v) is 10.4. The number of aliphatic hydroxyl groups is 1. The first kappa shape index (κ1) is 23.2. The van der Waals surface area contributed by atoms with Gasteiger partial charge in [-0.3, -0.25) is 9.59 Å². The van der Waals surface area contributed by atoms with E-state index in [1.807, 2.05) is 6.92 Å². The highest BCUT2D eigenvalue weighted by molar-refractivity contribution is 6.02.